The van der Waals surface area contributed by atoms with E-state index in [1.807, 2.05) is 0 Å². The number of benzene rings is 1. The van der Waals surface area contributed by atoms with Crippen molar-refractivity contribution < 1.29 is 14.7 Å². The first kappa shape index (κ1) is 17.6. The number of carbonyl (C=O) groups excluding carboxylic acids is 1. The van der Waals surface area contributed by atoms with Gasteiger partial charge in [-0.1, -0.05) is 50.0 Å². The third kappa shape index (κ3) is 4.51. The molecule has 7 heteroatoms. The van der Waals surface area contributed by atoms with Crippen molar-refractivity contribution in [1.82, 2.24) is 5.32 Å². The number of carboxylic acids is 1. The van der Waals surface area contributed by atoms with Crippen LogP contribution in [0.2, 0.25) is 10.0 Å². The Morgan fingerprint density at radius 1 is 1.24 bits per heavy atom. The fourth-order valence-corrected chi connectivity index (χ4v) is 2.17. The molecule has 0 aliphatic heterocycles. The molecule has 1 rings (SSSR count). The lowest BCUT2D eigenvalue weighted by Crippen LogP contribution is -2.50. The summed E-state index contributed by atoms with van der Waals surface area (Å²) >= 11 is 12.1. The van der Waals surface area contributed by atoms with Crippen LogP contribution in [0.25, 0.3) is 0 Å². The minimum Gasteiger partial charge on any atom is -0.480 e. The normalized spacial score (nSPS) is 12.7. The smallest absolute Gasteiger partial charge is 0.326 e. The molecule has 1 aromatic carbocycles. The van der Waals surface area contributed by atoms with Crippen LogP contribution in [0, 0.1) is 12.3 Å². The summed E-state index contributed by atoms with van der Waals surface area (Å²) in [5, 5.41) is 14.7. The molecule has 21 heavy (non-hydrogen) atoms. The van der Waals surface area contributed by atoms with E-state index in [0.29, 0.717) is 5.02 Å². The average Bonchev–Trinajstić information content (AvgIpc) is 2.34. The minimum atomic E-state index is -1.11. The van der Waals surface area contributed by atoms with Crippen LogP contribution in [0.5, 0.6) is 0 Å². The van der Waals surface area contributed by atoms with Crippen molar-refractivity contribution in [1.29, 1.82) is 0 Å². The number of nitrogens with one attached hydrogen (secondary N) is 2. The number of anilines is 1. The van der Waals surface area contributed by atoms with Gasteiger partial charge in [0.05, 0.1) is 15.7 Å². The molecule has 0 fully saturated rings. The van der Waals surface area contributed by atoms with Crippen molar-refractivity contribution >= 4 is 40.9 Å². The summed E-state index contributed by atoms with van der Waals surface area (Å²) in [4.78, 5) is 23.2. The van der Waals surface area contributed by atoms with Gasteiger partial charge in [-0.2, -0.15) is 0 Å². The molecule has 0 aliphatic rings. The monoisotopic (exact) mass is 332 g/mol. The number of urea groups is 1. The second-order valence-corrected chi connectivity index (χ2v) is 6.57. The van der Waals surface area contributed by atoms with E-state index in [1.165, 1.54) is 0 Å². The largest absolute Gasteiger partial charge is 0.480 e. The van der Waals surface area contributed by atoms with Crippen molar-refractivity contribution in [3.63, 3.8) is 0 Å². The van der Waals surface area contributed by atoms with Crippen molar-refractivity contribution in [3.05, 3.63) is 27.7 Å². The summed E-state index contributed by atoms with van der Waals surface area (Å²) in [6, 6.07) is 1.62. The Morgan fingerprint density at radius 2 is 1.81 bits per heavy atom. The quantitative estimate of drug-likeness (QED) is 0.784. The van der Waals surface area contributed by atoms with Gasteiger partial charge in [-0.05, 0) is 24.0 Å². The molecule has 116 valence electrons. The summed E-state index contributed by atoms with van der Waals surface area (Å²) in [7, 11) is 0. The lowest BCUT2D eigenvalue weighted by atomic mass is 9.87. The van der Waals surface area contributed by atoms with Gasteiger partial charge in [-0.15, -0.1) is 0 Å². The number of aryl methyl sites for hydroxylation is 1. The maximum absolute atomic E-state index is 12.0. The molecule has 0 spiro atoms. The van der Waals surface area contributed by atoms with Crippen molar-refractivity contribution in [2.75, 3.05) is 5.32 Å². The Balaban J connectivity index is 2.92. The Hall–Kier alpha value is -1.46. The zero-order valence-corrected chi connectivity index (χ0v) is 13.8. The van der Waals surface area contributed by atoms with Crippen molar-refractivity contribution in [3.8, 4) is 0 Å². The molecule has 1 atom stereocenters. The van der Waals surface area contributed by atoms with Crippen LogP contribution < -0.4 is 10.6 Å². The molecule has 0 aliphatic carbocycles. The molecular formula is C14H18Cl2N2O3. The predicted molar refractivity (Wildman–Crippen MR) is 84.2 cm³/mol. The third-order valence-corrected chi connectivity index (χ3v) is 3.71. The number of carbonyl (C=O) groups is 2. The molecule has 0 saturated heterocycles. The van der Waals surface area contributed by atoms with E-state index in [4.69, 9.17) is 23.2 Å². The van der Waals surface area contributed by atoms with Crippen LogP contribution >= 0.6 is 23.2 Å². The van der Waals surface area contributed by atoms with E-state index < -0.39 is 23.5 Å². The van der Waals surface area contributed by atoms with Gasteiger partial charge < -0.3 is 15.7 Å². The molecule has 5 nitrogen and oxygen atoms in total. The average molecular weight is 333 g/mol. The maximum atomic E-state index is 12.0. The fraction of sp³-hybridized carbons (Fsp3) is 0.429. The van der Waals surface area contributed by atoms with E-state index in [2.05, 4.69) is 10.6 Å². The van der Waals surface area contributed by atoms with Gasteiger partial charge in [0.15, 0.2) is 0 Å². The lowest BCUT2D eigenvalue weighted by Gasteiger charge is -2.27. The Labute approximate surface area is 133 Å². The number of hydrogen-bond acceptors (Lipinski definition) is 2. The van der Waals surface area contributed by atoms with E-state index in [-0.39, 0.29) is 10.7 Å². The van der Waals surface area contributed by atoms with Crippen molar-refractivity contribution in [2.45, 2.75) is 33.7 Å². The molecule has 0 radical (unpaired) electrons. The first-order chi connectivity index (χ1) is 9.54. The van der Waals surface area contributed by atoms with Gasteiger partial charge in [-0.3, -0.25) is 0 Å². The summed E-state index contributed by atoms with van der Waals surface area (Å²) in [6.07, 6.45) is 0. The summed E-state index contributed by atoms with van der Waals surface area (Å²) < 4.78 is 0. The number of rotatable bonds is 3. The van der Waals surface area contributed by atoms with Crippen LogP contribution in [-0.2, 0) is 4.79 Å². The van der Waals surface area contributed by atoms with Gasteiger partial charge in [0.2, 0.25) is 0 Å². The van der Waals surface area contributed by atoms with E-state index in [1.54, 1.807) is 39.8 Å². The highest BCUT2D eigenvalue weighted by Gasteiger charge is 2.32. The zero-order valence-electron chi connectivity index (χ0n) is 12.3. The standard InChI is InChI=1S/C14H18Cl2N2O3/c1-7-5-6-8(15)10(9(7)16)17-13(21)18-11(12(19)20)14(2,3)4/h5-6,11H,1-4H3,(H,19,20)(H2,17,18,21). The molecular weight excluding hydrogens is 315 g/mol. The minimum absolute atomic E-state index is 0.258. The molecule has 0 heterocycles. The van der Waals surface area contributed by atoms with Crippen molar-refractivity contribution in [2.24, 2.45) is 5.41 Å². The van der Waals surface area contributed by atoms with E-state index in [0.717, 1.165) is 5.56 Å². The molecule has 0 bridgehead atoms. The van der Waals surface area contributed by atoms with Gasteiger partial charge in [0.25, 0.3) is 0 Å². The lowest BCUT2D eigenvalue weighted by molar-refractivity contribution is -0.141. The van der Waals surface area contributed by atoms with Gasteiger partial charge in [-0.25, -0.2) is 9.59 Å². The van der Waals surface area contributed by atoms with Gasteiger partial charge in [0, 0.05) is 0 Å². The molecule has 1 aromatic rings. The number of carboxylic acid groups (broad SMARTS) is 1. The fourth-order valence-electron chi connectivity index (χ4n) is 1.70. The van der Waals surface area contributed by atoms with E-state index >= 15 is 0 Å². The Bertz CT molecular complexity index is 568. The first-order valence-corrected chi connectivity index (χ1v) is 7.04. The van der Waals surface area contributed by atoms with Crippen LogP contribution in [0.1, 0.15) is 26.3 Å². The summed E-state index contributed by atoms with van der Waals surface area (Å²) in [6.45, 7) is 6.94. The number of hydrogen-bond donors (Lipinski definition) is 3. The van der Waals surface area contributed by atoms with Crippen LogP contribution in [0.15, 0.2) is 12.1 Å². The number of halogens is 2. The maximum Gasteiger partial charge on any atom is 0.326 e. The van der Waals surface area contributed by atoms with Crippen LogP contribution in [0.3, 0.4) is 0 Å². The summed E-state index contributed by atoms with van der Waals surface area (Å²) in [5.74, 6) is -1.11. The zero-order chi connectivity index (χ0) is 16.4. The Kier molecular flexibility index (Phi) is 5.48. The van der Waals surface area contributed by atoms with E-state index in [9.17, 15) is 14.7 Å². The highest BCUT2D eigenvalue weighted by Crippen LogP contribution is 2.32. The van der Waals surface area contributed by atoms with Gasteiger partial charge in [0.1, 0.15) is 6.04 Å². The number of amides is 2. The van der Waals surface area contributed by atoms with Crippen LogP contribution in [0.4, 0.5) is 10.5 Å². The summed E-state index contributed by atoms with van der Waals surface area (Å²) in [5.41, 5.74) is 0.375. The second-order valence-electron chi connectivity index (χ2n) is 5.79. The molecule has 2 amide bonds. The topological polar surface area (TPSA) is 78.4 Å². The number of aliphatic carboxylic acids is 1. The SMILES string of the molecule is Cc1ccc(Cl)c(NC(=O)NC(C(=O)O)C(C)(C)C)c1Cl. The second kappa shape index (κ2) is 6.54. The van der Waals surface area contributed by atoms with Gasteiger partial charge >= 0.3 is 12.0 Å². The molecule has 0 aromatic heterocycles. The molecule has 0 saturated carbocycles. The highest BCUT2D eigenvalue weighted by molar-refractivity contribution is 6.40. The third-order valence-electron chi connectivity index (χ3n) is 2.91. The highest BCUT2D eigenvalue weighted by atomic mass is 35.5. The van der Waals surface area contributed by atoms with Crippen LogP contribution in [-0.4, -0.2) is 23.1 Å². The first-order valence-electron chi connectivity index (χ1n) is 6.29. The molecule has 1 unspecified atom stereocenters. The molecule has 3 N–H and O–H groups in total. The Morgan fingerprint density at radius 3 is 2.29 bits per heavy atom. The predicted octanol–water partition coefficient (Wildman–Crippen LogP) is 3.92.